The van der Waals surface area contributed by atoms with Gasteiger partial charge in [0.05, 0.1) is 6.42 Å². The highest BCUT2D eigenvalue weighted by molar-refractivity contribution is 7.85. The van der Waals surface area contributed by atoms with Crippen LogP contribution in [-0.2, 0) is 15.6 Å². The van der Waals surface area contributed by atoms with Gasteiger partial charge < -0.3 is 5.11 Å². The van der Waals surface area contributed by atoms with Gasteiger partial charge in [0.15, 0.2) is 0 Å². The van der Waals surface area contributed by atoms with Crippen LogP contribution in [0.2, 0.25) is 0 Å². The van der Waals surface area contributed by atoms with Gasteiger partial charge in [-0.05, 0) is 0 Å². The molecule has 94 valence electrons. The Morgan fingerprint density at radius 2 is 1.88 bits per heavy atom. The molecule has 0 spiro atoms. The lowest BCUT2D eigenvalue weighted by Crippen LogP contribution is -2.51. The van der Waals surface area contributed by atoms with Crippen LogP contribution in [0.15, 0.2) is 0 Å². The predicted molar refractivity (Wildman–Crippen MR) is 51.5 cm³/mol. The average molecular weight is 259 g/mol. The minimum absolute atomic E-state index is 0.0318. The lowest BCUT2D eigenvalue weighted by molar-refractivity contribution is -0.189. The first-order valence-corrected chi connectivity index (χ1v) is 6.17. The molecule has 1 heterocycles. The highest BCUT2D eigenvalue weighted by Gasteiger charge is 2.45. The average Bonchev–Trinajstić information content (AvgIpc) is 2.14. The summed E-state index contributed by atoms with van der Waals surface area (Å²) in [5, 5.41) is 8.44. The van der Waals surface area contributed by atoms with E-state index >= 15 is 0 Å². The van der Waals surface area contributed by atoms with Gasteiger partial charge >= 0.3 is 12.1 Å². The number of alkyl halides is 3. The minimum atomic E-state index is -4.56. The smallest absolute Gasteiger partial charge is 0.404 e. The van der Waals surface area contributed by atoms with E-state index in [1.165, 1.54) is 0 Å². The highest BCUT2D eigenvalue weighted by Crippen LogP contribution is 2.28. The van der Waals surface area contributed by atoms with E-state index in [2.05, 4.69) is 0 Å². The molecule has 0 aromatic carbocycles. The largest absolute Gasteiger partial charge is 0.481 e. The van der Waals surface area contributed by atoms with Crippen LogP contribution in [0.25, 0.3) is 0 Å². The van der Waals surface area contributed by atoms with Crippen molar-refractivity contribution >= 4 is 16.8 Å². The Hall–Kier alpha value is -0.630. The fourth-order valence-corrected chi connectivity index (χ4v) is 2.66. The maximum atomic E-state index is 12.6. The molecule has 0 aliphatic carbocycles. The van der Waals surface area contributed by atoms with Crippen LogP contribution in [0, 0.1) is 0 Å². The van der Waals surface area contributed by atoms with Gasteiger partial charge in [0, 0.05) is 35.4 Å². The number of carboxylic acid groups (broad SMARTS) is 1. The van der Waals surface area contributed by atoms with Crippen LogP contribution in [0.3, 0.4) is 0 Å². The maximum absolute atomic E-state index is 12.6. The summed E-state index contributed by atoms with van der Waals surface area (Å²) in [5.41, 5.74) is 0. The van der Waals surface area contributed by atoms with E-state index in [0.717, 1.165) is 4.90 Å². The molecule has 0 radical (unpaired) electrons. The van der Waals surface area contributed by atoms with Gasteiger partial charge in [0.1, 0.15) is 6.04 Å². The molecule has 1 unspecified atom stereocenters. The van der Waals surface area contributed by atoms with E-state index in [1.807, 2.05) is 0 Å². The summed E-state index contributed by atoms with van der Waals surface area (Å²) in [6.45, 7) is 0.0636. The molecule has 0 bridgehead atoms. The molecule has 1 aliphatic heterocycles. The molecule has 1 aliphatic rings. The van der Waals surface area contributed by atoms with E-state index in [0.29, 0.717) is 0 Å². The van der Waals surface area contributed by atoms with E-state index in [1.54, 1.807) is 0 Å². The predicted octanol–water partition coefficient (Wildman–Crippen LogP) is 0.456. The lowest BCUT2D eigenvalue weighted by atomic mass is 10.1. The summed E-state index contributed by atoms with van der Waals surface area (Å²) in [5.74, 6) is -1.13. The lowest BCUT2D eigenvalue weighted by Gasteiger charge is -2.34. The number of aliphatic carboxylic acids is 1. The zero-order valence-corrected chi connectivity index (χ0v) is 9.18. The minimum Gasteiger partial charge on any atom is -0.481 e. The Balaban J connectivity index is 2.69. The third kappa shape index (κ3) is 3.75. The summed E-state index contributed by atoms with van der Waals surface area (Å²) in [4.78, 5) is 11.4. The molecule has 1 atom stereocenters. The maximum Gasteiger partial charge on any atom is 0.404 e. The van der Waals surface area contributed by atoms with Crippen molar-refractivity contribution in [1.29, 1.82) is 0 Å². The van der Waals surface area contributed by atoms with E-state index in [4.69, 9.17) is 5.11 Å². The second kappa shape index (κ2) is 5.13. The van der Waals surface area contributed by atoms with Crippen LogP contribution < -0.4 is 0 Å². The van der Waals surface area contributed by atoms with Gasteiger partial charge in [-0.1, -0.05) is 0 Å². The third-order valence-electron chi connectivity index (χ3n) is 2.40. The normalized spacial score (nSPS) is 21.9. The van der Waals surface area contributed by atoms with E-state index < -0.39 is 35.4 Å². The molecule has 0 aromatic heterocycles. The van der Waals surface area contributed by atoms with Crippen molar-refractivity contribution in [3.63, 3.8) is 0 Å². The fraction of sp³-hybridized carbons (Fsp3) is 0.875. The quantitative estimate of drug-likeness (QED) is 0.800. The monoisotopic (exact) mass is 259 g/mol. The molecule has 0 saturated carbocycles. The highest BCUT2D eigenvalue weighted by atomic mass is 32.2. The summed E-state index contributed by atoms with van der Waals surface area (Å²) in [7, 11) is -1.07. The molecular weight excluding hydrogens is 247 g/mol. The standard InChI is InChI=1S/C8H12F3NO3S/c9-8(10,11)6(5-7(13)14)12-1-3-16(15)4-2-12/h6H,1-5H2,(H,13,14). The second-order valence-corrected chi connectivity index (χ2v) is 5.24. The Bertz CT molecular complexity index is 285. The number of halogens is 3. The first-order valence-electron chi connectivity index (χ1n) is 4.68. The molecule has 16 heavy (non-hydrogen) atoms. The van der Waals surface area contributed by atoms with Gasteiger partial charge in [0.25, 0.3) is 0 Å². The van der Waals surface area contributed by atoms with E-state index in [-0.39, 0.29) is 24.6 Å². The Morgan fingerprint density at radius 3 is 2.25 bits per heavy atom. The van der Waals surface area contributed by atoms with E-state index in [9.17, 15) is 22.2 Å². The first kappa shape index (κ1) is 13.4. The van der Waals surface area contributed by atoms with Gasteiger partial charge in [-0.15, -0.1) is 0 Å². The molecule has 1 fully saturated rings. The van der Waals surface area contributed by atoms with Gasteiger partial charge in [-0.3, -0.25) is 13.9 Å². The molecular formula is C8H12F3NO3S. The zero-order valence-electron chi connectivity index (χ0n) is 8.37. The topological polar surface area (TPSA) is 57.6 Å². The van der Waals surface area contributed by atoms with Gasteiger partial charge in [-0.25, -0.2) is 0 Å². The van der Waals surface area contributed by atoms with Gasteiger partial charge in [-0.2, -0.15) is 13.2 Å². The van der Waals surface area contributed by atoms with Crippen molar-refractivity contribution in [3.8, 4) is 0 Å². The Labute approximate surface area is 92.9 Å². The molecule has 1 saturated heterocycles. The number of hydrogen-bond donors (Lipinski definition) is 1. The van der Waals surface area contributed by atoms with Crippen molar-refractivity contribution in [2.45, 2.75) is 18.6 Å². The molecule has 1 rings (SSSR count). The molecule has 1 N–H and O–H groups in total. The van der Waals surface area contributed by atoms with Crippen LogP contribution in [-0.4, -0.2) is 57.0 Å². The Morgan fingerprint density at radius 1 is 1.38 bits per heavy atom. The van der Waals surface area contributed by atoms with Crippen molar-refractivity contribution in [2.24, 2.45) is 0 Å². The number of carbonyl (C=O) groups is 1. The van der Waals surface area contributed by atoms with Crippen molar-refractivity contribution in [3.05, 3.63) is 0 Å². The first-order chi connectivity index (χ1) is 7.30. The second-order valence-electron chi connectivity index (χ2n) is 3.54. The zero-order chi connectivity index (χ0) is 12.3. The van der Waals surface area contributed by atoms with Gasteiger partial charge in [0.2, 0.25) is 0 Å². The Kier molecular flexibility index (Phi) is 4.31. The van der Waals surface area contributed by atoms with Crippen molar-refractivity contribution < 1.29 is 27.3 Å². The van der Waals surface area contributed by atoms with Crippen molar-refractivity contribution in [1.82, 2.24) is 4.90 Å². The molecule has 0 amide bonds. The number of rotatable bonds is 3. The number of carboxylic acids is 1. The number of nitrogens with zero attached hydrogens (tertiary/aromatic N) is 1. The fourth-order valence-electron chi connectivity index (χ4n) is 1.58. The molecule has 4 nitrogen and oxygen atoms in total. The summed E-state index contributed by atoms with van der Waals surface area (Å²) >= 11 is 0. The molecule has 0 aromatic rings. The number of hydrogen-bond acceptors (Lipinski definition) is 3. The van der Waals surface area contributed by atoms with Crippen molar-refractivity contribution in [2.75, 3.05) is 24.6 Å². The van der Waals surface area contributed by atoms with Crippen LogP contribution in [0.4, 0.5) is 13.2 Å². The third-order valence-corrected chi connectivity index (χ3v) is 3.67. The van der Waals surface area contributed by atoms with Crippen LogP contribution in [0.5, 0.6) is 0 Å². The van der Waals surface area contributed by atoms with Crippen LogP contribution in [0.1, 0.15) is 6.42 Å². The molecule has 8 heteroatoms. The van der Waals surface area contributed by atoms with Crippen LogP contribution >= 0.6 is 0 Å². The summed E-state index contributed by atoms with van der Waals surface area (Å²) in [6, 6.07) is -1.97. The SMILES string of the molecule is O=C(O)CC(N1CCS(=O)CC1)C(F)(F)F. The summed E-state index contributed by atoms with van der Waals surface area (Å²) in [6.07, 6.45) is -5.52. The summed E-state index contributed by atoms with van der Waals surface area (Å²) < 4.78 is 48.7.